The highest BCUT2D eigenvalue weighted by Crippen LogP contribution is 2.29. The van der Waals surface area contributed by atoms with Gasteiger partial charge >= 0.3 is 0 Å². The first kappa shape index (κ1) is 26.4. The van der Waals surface area contributed by atoms with E-state index in [0.29, 0.717) is 37.8 Å². The number of benzene rings is 2. The predicted octanol–water partition coefficient (Wildman–Crippen LogP) is 4.12. The van der Waals surface area contributed by atoms with E-state index in [0.717, 1.165) is 35.1 Å². The van der Waals surface area contributed by atoms with Crippen LogP contribution < -0.4 is 5.32 Å². The topological polar surface area (TPSA) is 104 Å². The van der Waals surface area contributed by atoms with Crippen molar-refractivity contribution >= 4 is 24.4 Å². The summed E-state index contributed by atoms with van der Waals surface area (Å²) in [6.07, 6.45) is 1.98. The Hall–Kier alpha value is -3.20. The fourth-order valence-corrected chi connectivity index (χ4v) is 4.39. The summed E-state index contributed by atoms with van der Waals surface area (Å²) < 4.78 is 0. The first-order valence-electron chi connectivity index (χ1n) is 12.0. The normalized spacial score (nSPS) is 11.9. The van der Waals surface area contributed by atoms with Crippen LogP contribution in [-0.4, -0.2) is 55.7 Å². The van der Waals surface area contributed by atoms with E-state index in [2.05, 4.69) is 52.4 Å². The highest BCUT2D eigenvalue weighted by Gasteiger charge is 2.17. The van der Waals surface area contributed by atoms with Crippen LogP contribution in [-0.2, 0) is 16.1 Å². The summed E-state index contributed by atoms with van der Waals surface area (Å²) in [6.45, 7) is 7.47. The lowest BCUT2D eigenvalue weighted by Gasteiger charge is -2.24. The number of amides is 2. The number of hydrogen-bond acceptors (Lipinski definition) is 6. The fraction of sp³-hybridized carbons (Fsp3) is 0.423. The molecule has 0 spiro atoms. The standard InChI is InChI=1S/C26H34N6O2S/c1-4-7-24(33)32(15-14-27-26(34)23(35)16-18(2)3)17-19-10-12-20(13-11-19)21-8-5-6-9-22(21)25-28-30-31-29-25/h5-6,8-13,18,23,35H,4,7,14-17H2,1-3H3,(H,27,34)(H,28,29,30,31)/t23-/m0/s1. The average molecular weight is 495 g/mol. The van der Waals surface area contributed by atoms with Crippen LogP contribution in [0.4, 0.5) is 0 Å². The second-order valence-electron chi connectivity index (χ2n) is 8.99. The molecule has 0 aliphatic rings. The molecular weight excluding hydrogens is 460 g/mol. The second-order valence-corrected chi connectivity index (χ2v) is 9.62. The van der Waals surface area contributed by atoms with Gasteiger partial charge < -0.3 is 10.2 Å². The number of carbonyl (C=O) groups excluding carboxylic acids is 2. The van der Waals surface area contributed by atoms with Gasteiger partial charge in [0.15, 0.2) is 5.82 Å². The quantitative estimate of drug-likeness (QED) is 0.329. The van der Waals surface area contributed by atoms with Crippen LogP contribution in [0.25, 0.3) is 22.5 Å². The molecule has 3 rings (SSSR count). The first-order chi connectivity index (χ1) is 16.9. The van der Waals surface area contributed by atoms with Gasteiger partial charge in [-0.3, -0.25) is 9.59 Å². The van der Waals surface area contributed by atoms with E-state index in [4.69, 9.17) is 0 Å². The molecule has 0 aliphatic carbocycles. The molecule has 1 aromatic heterocycles. The molecule has 8 nitrogen and oxygen atoms in total. The Morgan fingerprint density at radius 2 is 1.80 bits per heavy atom. The molecule has 1 atom stereocenters. The number of thiol groups is 1. The Labute approximate surface area is 212 Å². The molecule has 0 bridgehead atoms. The average Bonchev–Trinajstić information content (AvgIpc) is 3.38. The summed E-state index contributed by atoms with van der Waals surface area (Å²) in [4.78, 5) is 26.8. The minimum absolute atomic E-state index is 0.0820. The molecule has 3 aromatic rings. The van der Waals surface area contributed by atoms with Gasteiger partial charge in [0, 0.05) is 31.6 Å². The molecule has 0 unspecified atom stereocenters. The third-order valence-corrected chi connectivity index (χ3v) is 6.11. The Balaban J connectivity index is 1.67. The number of H-pyrrole nitrogens is 1. The highest BCUT2D eigenvalue weighted by atomic mass is 32.1. The lowest BCUT2D eigenvalue weighted by molar-refractivity contribution is -0.132. The third kappa shape index (κ3) is 7.65. The zero-order chi connectivity index (χ0) is 25.2. The van der Waals surface area contributed by atoms with Gasteiger partial charge in [-0.25, -0.2) is 5.10 Å². The van der Waals surface area contributed by atoms with Crippen molar-refractivity contribution < 1.29 is 9.59 Å². The van der Waals surface area contributed by atoms with Crippen molar-refractivity contribution in [2.75, 3.05) is 13.1 Å². The van der Waals surface area contributed by atoms with E-state index in [9.17, 15) is 9.59 Å². The zero-order valence-electron chi connectivity index (χ0n) is 20.6. The van der Waals surface area contributed by atoms with Crippen molar-refractivity contribution in [3.05, 3.63) is 54.1 Å². The molecule has 0 fully saturated rings. The number of nitrogens with zero attached hydrogens (tertiary/aromatic N) is 4. The van der Waals surface area contributed by atoms with Gasteiger partial charge in [0.25, 0.3) is 0 Å². The number of tetrazole rings is 1. The molecule has 35 heavy (non-hydrogen) atoms. The number of carbonyl (C=O) groups is 2. The van der Waals surface area contributed by atoms with E-state index < -0.39 is 0 Å². The van der Waals surface area contributed by atoms with Crippen LogP contribution in [0.15, 0.2) is 48.5 Å². The maximum atomic E-state index is 12.7. The van der Waals surface area contributed by atoms with Gasteiger partial charge in [-0.2, -0.15) is 12.6 Å². The van der Waals surface area contributed by atoms with E-state index in [-0.39, 0.29) is 17.1 Å². The molecule has 0 aliphatic heterocycles. The van der Waals surface area contributed by atoms with Crippen molar-refractivity contribution in [3.8, 4) is 22.5 Å². The van der Waals surface area contributed by atoms with E-state index >= 15 is 0 Å². The Morgan fingerprint density at radius 1 is 1.09 bits per heavy atom. The van der Waals surface area contributed by atoms with Crippen molar-refractivity contribution in [1.82, 2.24) is 30.8 Å². The van der Waals surface area contributed by atoms with Gasteiger partial charge in [-0.1, -0.05) is 69.3 Å². The van der Waals surface area contributed by atoms with Crippen LogP contribution in [0.2, 0.25) is 0 Å². The number of aromatic amines is 1. The summed E-state index contributed by atoms with van der Waals surface area (Å²) in [6, 6.07) is 16.1. The molecule has 0 saturated carbocycles. The molecule has 2 amide bonds. The minimum Gasteiger partial charge on any atom is -0.353 e. The molecule has 9 heteroatoms. The summed E-state index contributed by atoms with van der Waals surface area (Å²) in [7, 11) is 0. The van der Waals surface area contributed by atoms with Gasteiger partial charge in [0.2, 0.25) is 11.8 Å². The summed E-state index contributed by atoms with van der Waals surface area (Å²) in [5, 5.41) is 16.8. The Morgan fingerprint density at radius 3 is 2.43 bits per heavy atom. The maximum Gasteiger partial charge on any atom is 0.232 e. The van der Waals surface area contributed by atoms with Crippen LogP contribution in [0, 0.1) is 5.92 Å². The van der Waals surface area contributed by atoms with E-state index in [1.807, 2.05) is 60.4 Å². The van der Waals surface area contributed by atoms with Crippen molar-refractivity contribution in [1.29, 1.82) is 0 Å². The van der Waals surface area contributed by atoms with Crippen LogP contribution in [0.5, 0.6) is 0 Å². The maximum absolute atomic E-state index is 12.7. The summed E-state index contributed by atoms with van der Waals surface area (Å²) >= 11 is 4.40. The fourth-order valence-electron chi connectivity index (χ4n) is 3.87. The number of aromatic nitrogens is 4. The van der Waals surface area contributed by atoms with E-state index in [1.54, 1.807) is 0 Å². The third-order valence-electron chi connectivity index (χ3n) is 5.66. The highest BCUT2D eigenvalue weighted by molar-refractivity contribution is 7.81. The molecule has 2 aromatic carbocycles. The van der Waals surface area contributed by atoms with Crippen molar-refractivity contribution in [2.24, 2.45) is 5.92 Å². The van der Waals surface area contributed by atoms with Crippen LogP contribution in [0.3, 0.4) is 0 Å². The van der Waals surface area contributed by atoms with Gasteiger partial charge in [-0.15, -0.1) is 5.10 Å². The first-order valence-corrected chi connectivity index (χ1v) is 12.6. The number of nitrogens with one attached hydrogen (secondary N) is 2. The molecule has 0 radical (unpaired) electrons. The Bertz CT molecular complexity index is 1090. The predicted molar refractivity (Wildman–Crippen MR) is 141 cm³/mol. The minimum atomic E-state index is -0.335. The lowest BCUT2D eigenvalue weighted by Crippen LogP contribution is -2.40. The molecule has 186 valence electrons. The molecule has 1 heterocycles. The molecule has 2 N–H and O–H groups in total. The largest absolute Gasteiger partial charge is 0.353 e. The SMILES string of the molecule is CCCC(=O)N(CCNC(=O)[C@@H](S)CC(C)C)Cc1ccc(-c2ccccc2-c2nnn[nH]2)cc1. The van der Waals surface area contributed by atoms with Gasteiger partial charge in [0.1, 0.15) is 0 Å². The van der Waals surface area contributed by atoms with Gasteiger partial charge in [-0.05, 0) is 45.9 Å². The molecule has 0 saturated heterocycles. The van der Waals surface area contributed by atoms with Crippen molar-refractivity contribution in [3.63, 3.8) is 0 Å². The number of rotatable bonds is 12. The summed E-state index contributed by atoms with van der Waals surface area (Å²) in [5.41, 5.74) is 3.99. The smallest absolute Gasteiger partial charge is 0.232 e. The van der Waals surface area contributed by atoms with Crippen LogP contribution in [0.1, 0.15) is 45.6 Å². The Kier molecular flexibility index (Phi) is 9.84. The van der Waals surface area contributed by atoms with E-state index in [1.165, 1.54) is 0 Å². The monoisotopic (exact) mass is 494 g/mol. The van der Waals surface area contributed by atoms with Crippen molar-refractivity contribution in [2.45, 2.75) is 51.8 Å². The van der Waals surface area contributed by atoms with Gasteiger partial charge in [0.05, 0.1) is 5.25 Å². The molecular formula is C26H34N6O2S. The van der Waals surface area contributed by atoms with Crippen LogP contribution >= 0.6 is 12.6 Å². The summed E-state index contributed by atoms with van der Waals surface area (Å²) in [5.74, 6) is 1.00. The zero-order valence-corrected chi connectivity index (χ0v) is 21.5. The second kappa shape index (κ2) is 13.0. The number of hydrogen-bond donors (Lipinski definition) is 3. The lowest BCUT2D eigenvalue weighted by atomic mass is 9.98.